The first kappa shape index (κ1) is 15.0. The first-order chi connectivity index (χ1) is 10.6. The van der Waals surface area contributed by atoms with E-state index in [2.05, 4.69) is 15.5 Å². The molecule has 22 heavy (non-hydrogen) atoms. The summed E-state index contributed by atoms with van der Waals surface area (Å²) in [4.78, 5) is 11.6. The number of halogens is 1. The van der Waals surface area contributed by atoms with Crippen molar-refractivity contribution in [3.8, 4) is 0 Å². The summed E-state index contributed by atoms with van der Waals surface area (Å²) in [6.07, 6.45) is 1.98. The Balaban J connectivity index is 1.55. The van der Waals surface area contributed by atoms with Gasteiger partial charge in [0.1, 0.15) is 5.82 Å². The topological polar surface area (TPSA) is 59.8 Å². The van der Waals surface area contributed by atoms with E-state index >= 15 is 0 Å². The molecule has 1 amide bonds. The lowest BCUT2D eigenvalue weighted by atomic mass is 10.2. The Bertz CT molecular complexity index is 667. The number of carbonyl (C=O) groups excluding carboxylic acids is 1. The minimum absolute atomic E-state index is 0.100. The highest BCUT2D eigenvalue weighted by Gasteiger charge is 2.29. The van der Waals surface area contributed by atoms with E-state index in [4.69, 9.17) is 0 Å². The molecule has 1 N–H and O–H groups in total. The van der Waals surface area contributed by atoms with Gasteiger partial charge < -0.3 is 9.88 Å². The van der Waals surface area contributed by atoms with E-state index in [1.54, 1.807) is 12.1 Å². The largest absolute Gasteiger partial charge is 0.349 e. The second-order valence-corrected chi connectivity index (χ2v) is 6.31. The number of nitrogens with zero attached hydrogens (tertiary/aromatic N) is 3. The molecule has 0 spiro atoms. The molecule has 1 fully saturated rings. The van der Waals surface area contributed by atoms with E-state index in [1.165, 1.54) is 23.9 Å². The molecule has 0 radical (unpaired) electrons. The monoisotopic (exact) mass is 320 g/mol. The smallest absolute Gasteiger partial charge is 0.223 e. The standard InChI is InChI=1S/C15H17FN4OS/c1-20-13(8-17-14(21)11-4-5-11)18-19-15(20)22-9-10-2-6-12(16)7-3-10/h2-3,6-7,11H,4-5,8-9H2,1H3,(H,17,21). The van der Waals surface area contributed by atoms with Crippen molar-refractivity contribution in [1.82, 2.24) is 20.1 Å². The highest BCUT2D eigenvalue weighted by Crippen LogP contribution is 2.28. The number of hydrogen-bond acceptors (Lipinski definition) is 4. The highest BCUT2D eigenvalue weighted by atomic mass is 32.2. The number of benzene rings is 1. The maximum atomic E-state index is 12.9. The van der Waals surface area contributed by atoms with E-state index < -0.39 is 0 Å². The number of aromatic nitrogens is 3. The average Bonchev–Trinajstić information content (AvgIpc) is 3.30. The van der Waals surface area contributed by atoms with Crippen LogP contribution in [0.25, 0.3) is 0 Å². The fourth-order valence-electron chi connectivity index (χ4n) is 2.01. The molecule has 3 rings (SSSR count). The van der Waals surface area contributed by atoms with Crippen LogP contribution in [0, 0.1) is 11.7 Å². The van der Waals surface area contributed by atoms with Crippen molar-refractivity contribution >= 4 is 17.7 Å². The second-order valence-electron chi connectivity index (χ2n) is 5.37. The lowest BCUT2D eigenvalue weighted by Gasteiger charge is -2.05. The first-order valence-corrected chi connectivity index (χ1v) is 8.15. The predicted molar refractivity (Wildman–Crippen MR) is 81.5 cm³/mol. The van der Waals surface area contributed by atoms with Crippen molar-refractivity contribution < 1.29 is 9.18 Å². The van der Waals surface area contributed by atoms with E-state index in [1.807, 2.05) is 11.6 Å². The van der Waals surface area contributed by atoms with Crippen molar-refractivity contribution in [2.75, 3.05) is 0 Å². The molecule has 5 nitrogen and oxygen atoms in total. The van der Waals surface area contributed by atoms with Gasteiger partial charge in [0.05, 0.1) is 6.54 Å². The maximum absolute atomic E-state index is 12.9. The third kappa shape index (κ3) is 3.65. The van der Waals surface area contributed by atoms with E-state index in [9.17, 15) is 9.18 Å². The van der Waals surface area contributed by atoms with Crippen molar-refractivity contribution in [1.29, 1.82) is 0 Å². The summed E-state index contributed by atoms with van der Waals surface area (Å²) in [7, 11) is 1.88. The predicted octanol–water partition coefficient (Wildman–Crippen LogP) is 2.27. The van der Waals surface area contributed by atoms with Crippen molar-refractivity contribution in [2.24, 2.45) is 13.0 Å². The van der Waals surface area contributed by atoms with Crippen LogP contribution in [0.5, 0.6) is 0 Å². The molecular weight excluding hydrogens is 303 g/mol. The van der Waals surface area contributed by atoms with Crippen molar-refractivity contribution in [2.45, 2.75) is 30.3 Å². The second kappa shape index (κ2) is 6.48. The van der Waals surface area contributed by atoms with E-state index in [-0.39, 0.29) is 17.6 Å². The molecule has 1 saturated carbocycles. The van der Waals surface area contributed by atoms with Crippen LogP contribution in [-0.4, -0.2) is 20.7 Å². The van der Waals surface area contributed by atoms with Gasteiger partial charge in [-0.15, -0.1) is 10.2 Å². The zero-order chi connectivity index (χ0) is 15.5. The number of hydrogen-bond donors (Lipinski definition) is 1. The molecule has 116 valence electrons. The average molecular weight is 320 g/mol. The number of amides is 1. The lowest BCUT2D eigenvalue weighted by Crippen LogP contribution is -2.25. The van der Waals surface area contributed by atoms with Gasteiger partial charge in [0.25, 0.3) is 0 Å². The Morgan fingerprint density at radius 2 is 2.09 bits per heavy atom. The van der Waals surface area contributed by atoms with Gasteiger partial charge in [0.2, 0.25) is 5.91 Å². The Morgan fingerprint density at radius 1 is 1.36 bits per heavy atom. The van der Waals surface area contributed by atoms with Crippen LogP contribution >= 0.6 is 11.8 Å². The maximum Gasteiger partial charge on any atom is 0.223 e. The van der Waals surface area contributed by atoms with Crippen LogP contribution in [0.3, 0.4) is 0 Å². The van der Waals surface area contributed by atoms with Crippen molar-refractivity contribution in [3.05, 3.63) is 41.5 Å². The lowest BCUT2D eigenvalue weighted by molar-refractivity contribution is -0.122. The fraction of sp³-hybridized carbons (Fsp3) is 0.400. The molecule has 0 aliphatic heterocycles. The molecule has 0 atom stereocenters. The Kier molecular flexibility index (Phi) is 4.42. The molecule has 1 aromatic heterocycles. The van der Waals surface area contributed by atoms with Crippen LogP contribution in [0.15, 0.2) is 29.4 Å². The van der Waals surface area contributed by atoms with Gasteiger partial charge in [0, 0.05) is 18.7 Å². The zero-order valence-electron chi connectivity index (χ0n) is 12.3. The number of nitrogens with one attached hydrogen (secondary N) is 1. The highest BCUT2D eigenvalue weighted by molar-refractivity contribution is 7.98. The quantitative estimate of drug-likeness (QED) is 0.830. The van der Waals surface area contributed by atoms with Gasteiger partial charge in [-0.05, 0) is 30.5 Å². The molecule has 7 heteroatoms. The van der Waals surface area contributed by atoms with Crippen LogP contribution in [0.4, 0.5) is 4.39 Å². The third-order valence-corrected chi connectivity index (χ3v) is 4.67. The van der Waals surface area contributed by atoms with E-state index in [0.29, 0.717) is 12.3 Å². The summed E-state index contributed by atoms with van der Waals surface area (Å²) < 4.78 is 14.7. The van der Waals surface area contributed by atoms with Gasteiger partial charge in [-0.25, -0.2) is 4.39 Å². The molecular formula is C15H17FN4OS. The normalized spacial score (nSPS) is 14.1. The fourth-order valence-corrected chi connectivity index (χ4v) is 2.90. The molecule has 1 aliphatic carbocycles. The Morgan fingerprint density at radius 3 is 2.77 bits per heavy atom. The van der Waals surface area contributed by atoms with Gasteiger partial charge >= 0.3 is 0 Å². The zero-order valence-corrected chi connectivity index (χ0v) is 13.1. The summed E-state index contributed by atoms with van der Waals surface area (Å²) >= 11 is 1.53. The van der Waals surface area contributed by atoms with Crippen molar-refractivity contribution in [3.63, 3.8) is 0 Å². The minimum atomic E-state index is -0.235. The van der Waals surface area contributed by atoms with Crippen LogP contribution < -0.4 is 5.32 Å². The Hall–Kier alpha value is -1.89. The molecule has 1 aliphatic rings. The van der Waals surface area contributed by atoms with Crippen LogP contribution in [0.1, 0.15) is 24.2 Å². The molecule has 0 saturated heterocycles. The van der Waals surface area contributed by atoms with Gasteiger partial charge in [0.15, 0.2) is 11.0 Å². The number of rotatable bonds is 6. The summed E-state index contributed by atoms with van der Waals surface area (Å²) in [5, 5.41) is 11.9. The summed E-state index contributed by atoms with van der Waals surface area (Å²) in [5.41, 5.74) is 1.03. The molecule has 0 bridgehead atoms. The Labute approximate surface area is 132 Å². The molecule has 1 aromatic carbocycles. The van der Waals surface area contributed by atoms with Gasteiger partial charge in [-0.3, -0.25) is 4.79 Å². The minimum Gasteiger partial charge on any atom is -0.349 e. The van der Waals surface area contributed by atoms with Gasteiger partial charge in [-0.2, -0.15) is 0 Å². The third-order valence-electron chi connectivity index (χ3n) is 3.58. The summed E-state index contributed by atoms with van der Waals surface area (Å²) in [6, 6.07) is 6.42. The number of thioether (sulfide) groups is 1. The summed E-state index contributed by atoms with van der Waals surface area (Å²) in [6.45, 7) is 0.399. The molecule has 1 heterocycles. The number of carbonyl (C=O) groups is 1. The molecule has 0 unspecified atom stereocenters. The van der Waals surface area contributed by atoms with Crippen LogP contribution in [-0.2, 0) is 24.1 Å². The SMILES string of the molecule is Cn1c(CNC(=O)C2CC2)nnc1SCc1ccc(F)cc1. The van der Waals surface area contributed by atoms with Crippen LogP contribution in [0.2, 0.25) is 0 Å². The van der Waals surface area contributed by atoms with E-state index in [0.717, 1.165) is 29.4 Å². The van der Waals surface area contributed by atoms with Gasteiger partial charge in [-0.1, -0.05) is 23.9 Å². The summed E-state index contributed by atoms with van der Waals surface area (Å²) in [5.74, 6) is 1.49. The first-order valence-electron chi connectivity index (χ1n) is 7.16. The molecule has 2 aromatic rings.